The third-order valence-electron chi connectivity index (χ3n) is 7.71. The molecule has 41 heavy (non-hydrogen) atoms. The van der Waals surface area contributed by atoms with E-state index in [1.165, 1.54) is 70.4 Å². The molecule has 0 radical (unpaired) electrons. The molecule has 196 valence electrons. The highest BCUT2D eigenvalue weighted by atomic mass is 32.2. The summed E-state index contributed by atoms with van der Waals surface area (Å²) in [5.41, 5.74) is 10.6. The Hall–Kier alpha value is -4.44. The minimum absolute atomic E-state index is 0.949. The van der Waals surface area contributed by atoms with Gasteiger partial charge in [-0.1, -0.05) is 115 Å². The van der Waals surface area contributed by atoms with Gasteiger partial charge in [-0.05, 0) is 63.4 Å². The SMILES string of the molecule is CSc1ccccc1-c1ccc(-c2ccc(C=N)c3c2sc2c(-c4ccccc4)cc(-c4ccccc4)cc23)cc1. The zero-order valence-corrected chi connectivity index (χ0v) is 24.2. The second-order valence-corrected chi connectivity index (χ2v) is 11.9. The zero-order valence-electron chi connectivity index (χ0n) is 22.6. The van der Waals surface area contributed by atoms with Crippen LogP contribution in [0.25, 0.3) is 64.7 Å². The second kappa shape index (κ2) is 10.9. The molecule has 0 aliphatic heterocycles. The zero-order chi connectivity index (χ0) is 27.8. The molecule has 0 fully saturated rings. The van der Waals surface area contributed by atoms with Crippen LogP contribution in [0.15, 0.2) is 138 Å². The normalized spacial score (nSPS) is 11.2. The summed E-state index contributed by atoms with van der Waals surface area (Å²) in [4.78, 5) is 1.28. The second-order valence-electron chi connectivity index (χ2n) is 10.1. The first-order chi connectivity index (χ1) is 20.2. The lowest BCUT2D eigenvalue weighted by molar-refractivity contribution is 1.45. The van der Waals surface area contributed by atoms with E-state index in [1.807, 2.05) is 11.3 Å². The van der Waals surface area contributed by atoms with Gasteiger partial charge in [0.1, 0.15) is 0 Å². The number of fused-ring (bicyclic) bond motifs is 3. The quantitative estimate of drug-likeness (QED) is 0.158. The summed E-state index contributed by atoms with van der Waals surface area (Å²) in [6.45, 7) is 0. The Morgan fingerprint density at radius 1 is 0.537 bits per heavy atom. The fourth-order valence-corrected chi connectivity index (χ4v) is 7.71. The summed E-state index contributed by atoms with van der Waals surface area (Å²) in [5.74, 6) is 0. The molecule has 6 aromatic carbocycles. The topological polar surface area (TPSA) is 23.9 Å². The van der Waals surface area contributed by atoms with Gasteiger partial charge in [-0.25, -0.2) is 0 Å². The summed E-state index contributed by atoms with van der Waals surface area (Å²) in [7, 11) is 0. The maximum atomic E-state index is 8.29. The van der Waals surface area contributed by atoms with E-state index in [1.54, 1.807) is 11.8 Å². The van der Waals surface area contributed by atoms with Crippen molar-refractivity contribution in [3.63, 3.8) is 0 Å². The van der Waals surface area contributed by atoms with Crippen LogP contribution in [0.3, 0.4) is 0 Å². The fourth-order valence-electron chi connectivity index (χ4n) is 5.70. The van der Waals surface area contributed by atoms with Gasteiger partial charge in [-0.3, -0.25) is 0 Å². The fraction of sp³-hybridized carbons (Fsp3) is 0.0263. The van der Waals surface area contributed by atoms with Gasteiger partial charge in [0, 0.05) is 42.4 Å². The van der Waals surface area contributed by atoms with Crippen molar-refractivity contribution in [1.82, 2.24) is 0 Å². The predicted octanol–water partition coefficient (Wildman–Crippen LogP) is 11.4. The lowest BCUT2D eigenvalue weighted by Gasteiger charge is -2.10. The van der Waals surface area contributed by atoms with Gasteiger partial charge in [0.25, 0.3) is 0 Å². The average Bonchev–Trinajstić information content (AvgIpc) is 3.44. The van der Waals surface area contributed by atoms with Crippen molar-refractivity contribution in [1.29, 1.82) is 5.41 Å². The van der Waals surface area contributed by atoms with Crippen molar-refractivity contribution >= 4 is 49.5 Å². The van der Waals surface area contributed by atoms with E-state index in [2.05, 4.69) is 140 Å². The highest BCUT2D eigenvalue weighted by Gasteiger charge is 2.18. The molecule has 0 aliphatic rings. The molecule has 0 aliphatic carbocycles. The number of hydrogen-bond acceptors (Lipinski definition) is 3. The molecule has 0 saturated heterocycles. The highest BCUT2D eigenvalue weighted by Crippen LogP contribution is 2.47. The number of thioether (sulfide) groups is 1. The third-order valence-corrected chi connectivity index (χ3v) is 9.78. The minimum atomic E-state index is 0.949. The molecule has 3 heteroatoms. The molecular formula is C38H27NS2. The first-order valence-electron chi connectivity index (χ1n) is 13.6. The molecule has 0 saturated carbocycles. The van der Waals surface area contributed by atoms with Crippen molar-refractivity contribution in [2.24, 2.45) is 0 Å². The van der Waals surface area contributed by atoms with E-state index in [0.717, 1.165) is 10.9 Å². The lowest BCUT2D eigenvalue weighted by atomic mass is 9.93. The monoisotopic (exact) mass is 561 g/mol. The molecular weight excluding hydrogens is 535 g/mol. The standard InChI is InChI=1S/C38H27NS2/c1-40-35-15-9-8-14-31(35)27-16-18-28(19-17-27)32-21-20-29(24-39)36-34-23-30(25-10-4-2-5-11-25)22-33(37(34)41-38(32)36)26-12-6-3-7-13-26/h2-24,39H,1H3. The van der Waals surface area contributed by atoms with E-state index in [9.17, 15) is 0 Å². The van der Waals surface area contributed by atoms with E-state index in [4.69, 9.17) is 5.41 Å². The predicted molar refractivity (Wildman–Crippen MR) is 181 cm³/mol. The Bertz CT molecular complexity index is 2020. The Kier molecular flexibility index (Phi) is 6.76. The first-order valence-corrected chi connectivity index (χ1v) is 15.7. The summed E-state index contributed by atoms with van der Waals surface area (Å²) in [6, 6.07) is 47.7. The van der Waals surface area contributed by atoms with Crippen molar-refractivity contribution in [3.05, 3.63) is 139 Å². The number of rotatable bonds is 6. The van der Waals surface area contributed by atoms with Crippen LogP contribution in [0.1, 0.15) is 5.56 Å². The van der Waals surface area contributed by atoms with Gasteiger partial charge < -0.3 is 5.41 Å². The summed E-state index contributed by atoms with van der Waals surface area (Å²) in [5, 5.41) is 10.7. The van der Waals surface area contributed by atoms with Crippen LogP contribution in [-0.2, 0) is 0 Å². The highest BCUT2D eigenvalue weighted by molar-refractivity contribution is 7.98. The van der Waals surface area contributed by atoms with E-state index >= 15 is 0 Å². The Morgan fingerprint density at radius 3 is 1.83 bits per heavy atom. The van der Waals surface area contributed by atoms with Crippen molar-refractivity contribution < 1.29 is 0 Å². The van der Waals surface area contributed by atoms with E-state index < -0.39 is 0 Å². The molecule has 7 rings (SSSR count). The number of hydrogen-bond donors (Lipinski definition) is 1. The Balaban J connectivity index is 1.47. The molecule has 1 heterocycles. The van der Waals surface area contributed by atoms with E-state index in [0.29, 0.717) is 0 Å². The van der Waals surface area contributed by atoms with Crippen molar-refractivity contribution in [2.45, 2.75) is 4.90 Å². The number of nitrogens with one attached hydrogen (secondary N) is 1. The third kappa shape index (κ3) is 4.58. The van der Waals surface area contributed by atoms with Crippen LogP contribution in [0.4, 0.5) is 0 Å². The van der Waals surface area contributed by atoms with Crippen LogP contribution < -0.4 is 0 Å². The molecule has 0 bridgehead atoms. The largest absolute Gasteiger partial charge is 0.308 e. The molecule has 7 aromatic rings. The molecule has 1 aromatic heterocycles. The van der Waals surface area contributed by atoms with Crippen molar-refractivity contribution in [3.8, 4) is 44.5 Å². The van der Waals surface area contributed by atoms with Crippen LogP contribution in [0.5, 0.6) is 0 Å². The molecule has 0 amide bonds. The molecule has 0 spiro atoms. The molecule has 1 N–H and O–H groups in total. The lowest BCUT2D eigenvalue weighted by Crippen LogP contribution is -1.87. The molecule has 0 atom stereocenters. The van der Waals surface area contributed by atoms with Crippen LogP contribution in [0.2, 0.25) is 0 Å². The van der Waals surface area contributed by atoms with Gasteiger partial charge in [-0.2, -0.15) is 0 Å². The smallest absolute Gasteiger partial charge is 0.0440 e. The van der Waals surface area contributed by atoms with Gasteiger partial charge in [-0.15, -0.1) is 23.1 Å². The average molecular weight is 562 g/mol. The van der Waals surface area contributed by atoms with Gasteiger partial charge in [0.05, 0.1) is 0 Å². The first kappa shape index (κ1) is 25.5. The van der Waals surface area contributed by atoms with Gasteiger partial charge in [0.2, 0.25) is 0 Å². The Labute approximate surface area is 248 Å². The van der Waals surface area contributed by atoms with Gasteiger partial charge in [0.15, 0.2) is 0 Å². The van der Waals surface area contributed by atoms with Crippen LogP contribution in [-0.4, -0.2) is 12.5 Å². The summed E-state index contributed by atoms with van der Waals surface area (Å²) < 4.78 is 2.48. The van der Waals surface area contributed by atoms with Crippen LogP contribution in [0, 0.1) is 5.41 Å². The summed E-state index contributed by atoms with van der Waals surface area (Å²) >= 11 is 3.62. The summed E-state index contributed by atoms with van der Waals surface area (Å²) in [6.07, 6.45) is 3.63. The van der Waals surface area contributed by atoms with Crippen LogP contribution >= 0.6 is 23.1 Å². The maximum absolute atomic E-state index is 8.29. The minimum Gasteiger partial charge on any atom is -0.308 e. The maximum Gasteiger partial charge on any atom is 0.0440 e. The Morgan fingerprint density at radius 2 is 1.15 bits per heavy atom. The molecule has 1 nitrogen and oxygen atoms in total. The van der Waals surface area contributed by atoms with E-state index in [-0.39, 0.29) is 0 Å². The van der Waals surface area contributed by atoms with Crippen molar-refractivity contribution in [2.75, 3.05) is 6.26 Å². The molecule has 0 unspecified atom stereocenters. The number of benzene rings is 6. The van der Waals surface area contributed by atoms with Gasteiger partial charge >= 0.3 is 0 Å². The number of thiophene rings is 1.